The van der Waals surface area contributed by atoms with Gasteiger partial charge in [0.1, 0.15) is 0 Å². The number of methoxy groups -OCH3 is 4. The van der Waals surface area contributed by atoms with Crippen LogP contribution in [0.3, 0.4) is 0 Å². The predicted molar refractivity (Wildman–Crippen MR) is 72.9 cm³/mol. The molecule has 2 atom stereocenters. The number of hydrogen-bond acceptors (Lipinski definition) is 9. The first-order valence-corrected chi connectivity index (χ1v) is 6.72. The van der Waals surface area contributed by atoms with Crippen molar-refractivity contribution >= 4 is 23.9 Å². The number of hydrogen-bond donors (Lipinski definition) is 1. The number of esters is 4. The molecule has 0 aliphatic carbocycles. The molecule has 2 unspecified atom stereocenters. The second kappa shape index (κ2) is 5.65. The summed E-state index contributed by atoms with van der Waals surface area (Å²) < 4.78 is 18.9. The van der Waals surface area contributed by atoms with Crippen molar-refractivity contribution in [1.29, 1.82) is 0 Å². The summed E-state index contributed by atoms with van der Waals surface area (Å²) in [4.78, 5) is 49.1. The molecule has 9 heteroatoms. The second-order valence-corrected chi connectivity index (χ2v) is 5.15. The maximum atomic E-state index is 12.3. The van der Waals surface area contributed by atoms with Gasteiger partial charge in [-0.3, -0.25) is 5.32 Å². The summed E-state index contributed by atoms with van der Waals surface area (Å²) in [5, 5.41) is 2.76. The van der Waals surface area contributed by atoms with Crippen molar-refractivity contribution in [3.05, 3.63) is 11.1 Å². The standard InChI is InChI=1S/C14H17NO8/c1-20-9(16)7-8(10(17)21-2)14(12(19)23-4)6-5-13(7,15-14)11(18)22-3/h15H,5-6H2,1-4H3. The van der Waals surface area contributed by atoms with Gasteiger partial charge in [-0.1, -0.05) is 0 Å². The van der Waals surface area contributed by atoms with Crippen molar-refractivity contribution < 1.29 is 38.1 Å². The normalized spacial score (nSPS) is 28.3. The van der Waals surface area contributed by atoms with Crippen LogP contribution in [0.4, 0.5) is 0 Å². The minimum atomic E-state index is -1.65. The van der Waals surface area contributed by atoms with Gasteiger partial charge in [0.25, 0.3) is 0 Å². The van der Waals surface area contributed by atoms with Crippen LogP contribution < -0.4 is 5.32 Å². The topological polar surface area (TPSA) is 117 Å². The van der Waals surface area contributed by atoms with Crippen LogP contribution in [0.2, 0.25) is 0 Å². The van der Waals surface area contributed by atoms with Gasteiger partial charge < -0.3 is 18.9 Å². The highest BCUT2D eigenvalue weighted by Gasteiger charge is 2.70. The fraction of sp³-hybridized carbons (Fsp3) is 0.571. The lowest BCUT2D eigenvalue weighted by molar-refractivity contribution is -0.150. The summed E-state index contributed by atoms with van der Waals surface area (Å²) in [6, 6.07) is 0. The molecule has 2 rings (SSSR count). The number of fused-ring (bicyclic) bond motifs is 2. The lowest BCUT2D eigenvalue weighted by atomic mass is 9.76. The van der Waals surface area contributed by atoms with E-state index in [4.69, 9.17) is 9.47 Å². The molecule has 126 valence electrons. The van der Waals surface area contributed by atoms with Crippen LogP contribution in [-0.2, 0) is 38.1 Å². The first kappa shape index (κ1) is 16.9. The molecule has 1 fully saturated rings. The highest BCUT2D eigenvalue weighted by Crippen LogP contribution is 2.50. The van der Waals surface area contributed by atoms with E-state index in [1.807, 2.05) is 0 Å². The third kappa shape index (κ3) is 2.03. The summed E-state index contributed by atoms with van der Waals surface area (Å²) in [7, 11) is 4.49. The summed E-state index contributed by atoms with van der Waals surface area (Å²) >= 11 is 0. The van der Waals surface area contributed by atoms with Crippen LogP contribution in [-0.4, -0.2) is 63.4 Å². The molecule has 0 saturated carbocycles. The van der Waals surface area contributed by atoms with Crippen LogP contribution in [0, 0.1) is 0 Å². The summed E-state index contributed by atoms with van der Waals surface area (Å²) in [5.74, 6) is -3.45. The summed E-state index contributed by atoms with van der Waals surface area (Å²) in [6.45, 7) is 0. The van der Waals surface area contributed by atoms with Crippen molar-refractivity contribution in [3.8, 4) is 0 Å². The van der Waals surface area contributed by atoms with E-state index in [0.717, 1.165) is 28.4 Å². The van der Waals surface area contributed by atoms with E-state index in [2.05, 4.69) is 14.8 Å². The zero-order valence-corrected chi connectivity index (χ0v) is 13.2. The third-order valence-corrected chi connectivity index (χ3v) is 4.25. The van der Waals surface area contributed by atoms with E-state index in [1.54, 1.807) is 0 Å². The van der Waals surface area contributed by atoms with Crippen LogP contribution in [0.1, 0.15) is 12.8 Å². The van der Waals surface area contributed by atoms with Crippen LogP contribution in [0.5, 0.6) is 0 Å². The maximum Gasteiger partial charge on any atom is 0.336 e. The van der Waals surface area contributed by atoms with Gasteiger partial charge in [-0.05, 0) is 12.8 Å². The SMILES string of the molecule is COC(=O)C1=C(C(=O)OC)C2(C(=O)OC)CCC1(C(=O)OC)N2. The molecule has 2 bridgehead atoms. The molecule has 2 heterocycles. The van der Waals surface area contributed by atoms with E-state index in [0.29, 0.717) is 0 Å². The maximum absolute atomic E-state index is 12.3. The number of nitrogens with one attached hydrogen (secondary N) is 1. The van der Waals surface area contributed by atoms with Crippen LogP contribution >= 0.6 is 0 Å². The molecule has 0 aromatic carbocycles. The average molecular weight is 327 g/mol. The molecule has 0 spiro atoms. The molecule has 0 aromatic rings. The van der Waals surface area contributed by atoms with Gasteiger partial charge in [0.2, 0.25) is 0 Å². The molecular formula is C14H17NO8. The van der Waals surface area contributed by atoms with E-state index in [9.17, 15) is 19.2 Å². The molecule has 9 nitrogen and oxygen atoms in total. The van der Waals surface area contributed by atoms with Crippen molar-refractivity contribution in [3.63, 3.8) is 0 Å². The predicted octanol–water partition coefficient (Wildman–Crippen LogP) is -1.15. The van der Waals surface area contributed by atoms with Gasteiger partial charge in [0.15, 0.2) is 11.1 Å². The molecular weight excluding hydrogens is 310 g/mol. The van der Waals surface area contributed by atoms with Crippen LogP contribution in [0.15, 0.2) is 11.1 Å². The van der Waals surface area contributed by atoms with Crippen molar-refractivity contribution in [2.75, 3.05) is 28.4 Å². The average Bonchev–Trinajstić information content (AvgIpc) is 3.12. The first-order valence-electron chi connectivity index (χ1n) is 6.72. The number of carbonyl (C=O) groups is 4. The third-order valence-electron chi connectivity index (χ3n) is 4.25. The Balaban J connectivity index is 2.78. The lowest BCUT2D eigenvalue weighted by Gasteiger charge is -2.26. The van der Waals surface area contributed by atoms with Gasteiger partial charge in [-0.2, -0.15) is 0 Å². The Labute approximate surface area is 131 Å². The Kier molecular flexibility index (Phi) is 4.16. The first-order chi connectivity index (χ1) is 10.8. The molecule has 23 heavy (non-hydrogen) atoms. The molecule has 1 N–H and O–H groups in total. The molecule has 0 aromatic heterocycles. The summed E-state index contributed by atoms with van der Waals surface area (Å²) in [6.07, 6.45) is 0.138. The Morgan fingerprint density at radius 3 is 1.35 bits per heavy atom. The van der Waals surface area contributed by atoms with E-state index >= 15 is 0 Å². The van der Waals surface area contributed by atoms with Gasteiger partial charge >= 0.3 is 23.9 Å². The van der Waals surface area contributed by atoms with E-state index in [-0.39, 0.29) is 24.0 Å². The van der Waals surface area contributed by atoms with Crippen molar-refractivity contribution in [2.24, 2.45) is 0 Å². The minimum Gasteiger partial charge on any atom is -0.467 e. The van der Waals surface area contributed by atoms with Gasteiger partial charge in [-0.15, -0.1) is 0 Å². The molecule has 2 aliphatic rings. The largest absolute Gasteiger partial charge is 0.467 e. The van der Waals surface area contributed by atoms with Gasteiger partial charge in [0.05, 0.1) is 39.6 Å². The molecule has 1 saturated heterocycles. The number of ether oxygens (including phenoxy) is 4. The molecule has 0 amide bonds. The second-order valence-electron chi connectivity index (χ2n) is 5.15. The zero-order valence-electron chi connectivity index (χ0n) is 13.2. The molecule has 0 radical (unpaired) electrons. The quantitative estimate of drug-likeness (QED) is 0.504. The van der Waals surface area contributed by atoms with Crippen LogP contribution in [0.25, 0.3) is 0 Å². The van der Waals surface area contributed by atoms with Crippen molar-refractivity contribution in [1.82, 2.24) is 5.32 Å². The Hall–Kier alpha value is -2.42. The zero-order chi connectivity index (χ0) is 17.4. The highest BCUT2D eigenvalue weighted by molar-refractivity contribution is 6.15. The van der Waals surface area contributed by atoms with E-state index < -0.39 is 35.0 Å². The fourth-order valence-corrected chi connectivity index (χ4v) is 3.28. The fourth-order valence-electron chi connectivity index (χ4n) is 3.28. The number of rotatable bonds is 4. The molecule has 2 aliphatic heterocycles. The summed E-state index contributed by atoms with van der Waals surface area (Å²) in [5.41, 5.74) is -3.87. The van der Waals surface area contributed by atoms with Gasteiger partial charge in [-0.25, -0.2) is 19.2 Å². The van der Waals surface area contributed by atoms with E-state index in [1.165, 1.54) is 0 Å². The Bertz CT molecular complexity index is 572. The Morgan fingerprint density at radius 1 is 0.739 bits per heavy atom. The lowest BCUT2D eigenvalue weighted by Crippen LogP contribution is -2.55. The smallest absolute Gasteiger partial charge is 0.336 e. The van der Waals surface area contributed by atoms with Gasteiger partial charge in [0, 0.05) is 0 Å². The Morgan fingerprint density at radius 2 is 1.09 bits per heavy atom. The van der Waals surface area contributed by atoms with Crippen molar-refractivity contribution in [2.45, 2.75) is 23.9 Å². The minimum absolute atomic E-state index is 0.0691. The monoisotopic (exact) mass is 327 g/mol. The number of carbonyl (C=O) groups excluding carboxylic acids is 4. The highest BCUT2D eigenvalue weighted by atomic mass is 16.5.